The summed E-state index contributed by atoms with van der Waals surface area (Å²) in [6.45, 7) is 6.47. The van der Waals surface area contributed by atoms with Crippen LogP contribution in [-0.2, 0) is 10.3 Å². The van der Waals surface area contributed by atoms with Crippen LogP contribution in [0.25, 0.3) is 0 Å². The van der Waals surface area contributed by atoms with Gasteiger partial charge in [0, 0.05) is 0 Å². The molecular formula is C12H15ClO. The van der Waals surface area contributed by atoms with Gasteiger partial charge in [-0.25, -0.2) is 0 Å². The number of ether oxygens (including phenoxy) is 1. The Kier molecular flexibility index (Phi) is 2.13. The van der Waals surface area contributed by atoms with Gasteiger partial charge in [0.1, 0.15) is 5.60 Å². The van der Waals surface area contributed by atoms with Crippen molar-refractivity contribution in [2.45, 2.75) is 31.9 Å². The van der Waals surface area contributed by atoms with Gasteiger partial charge in [0.05, 0.1) is 0 Å². The number of hydrogen-bond donors (Lipinski definition) is 0. The first-order valence-electron chi connectivity index (χ1n) is 4.86. The number of hydrogen-bond acceptors (Lipinski definition) is 1. The lowest BCUT2D eigenvalue weighted by atomic mass is 9.76. The van der Waals surface area contributed by atoms with Crippen LogP contribution in [-0.4, -0.2) is 5.56 Å². The number of epoxide rings is 1. The summed E-state index contributed by atoms with van der Waals surface area (Å²) >= 11 is 6.11. The van der Waals surface area contributed by atoms with E-state index in [9.17, 15) is 0 Å². The highest BCUT2D eigenvalue weighted by Gasteiger charge is 2.64. The maximum Gasteiger partial charge on any atom is 0.166 e. The summed E-state index contributed by atoms with van der Waals surface area (Å²) in [6.07, 6.45) is 0. The molecule has 1 aromatic rings. The Labute approximate surface area is 90.0 Å². The number of rotatable bonds is 1. The molecule has 1 heterocycles. The molecule has 1 aliphatic heterocycles. The van der Waals surface area contributed by atoms with Crippen LogP contribution in [0, 0.1) is 5.41 Å². The van der Waals surface area contributed by atoms with Gasteiger partial charge in [0.25, 0.3) is 0 Å². The molecule has 2 atom stereocenters. The molecule has 0 spiro atoms. The molecule has 0 aliphatic carbocycles. The molecule has 0 saturated carbocycles. The third kappa shape index (κ3) is 1.27. The number of halogens is 1. The Morgan fingerprint density at radius 1 is 1.21 bits per heavy atom. The topological polar surface area (TPSA) is 12.5 Å². The van der Waals surface area contributed by atoms with Gasteiger partial charge in [-0.3, -0.25) is 0 Å². The van der Waals surface area contributed by atoms with Crippen LogP contribution < -0.4 is 0 Å². The largest absolute Gasteiger partial charge is 0.343 e. The summed E-state index contributed by atoms with van der Waals surface area (Å²) in [7, 11) is 0. The van der Waals surface area contributed by atoms with Crippen molar-refractivity contribution in [1.29, 1.82) is 0 Å². The smallest absolute Gasteiger partial charge is 0.166 e. The Morgan fingerprint density at radius 3 is 2.07 bits per heavy atom. The van der Waals surface area contributed by atoms with Gasteiger partial charge in [-0.2, -0.15) is 0 Å². The van der Waals surface area contributed by atoms with Gasteiger partial charge >= 0.3 is 0 Å². The highest BCUT2D eigenvalue weighted by Crippen LogP contribution is 2.59. The molecule has 0 aromatic heterocycles. The van der Waals surface area contributed by atoms with Crippen LogP contribution in [0.5, 0.6) is 0 Å². The molecule has 1 aliphatic rings. The summed E-state index contributed by atoms with van der Waals surface area (Å²) in [6, 6.07) is 10.2. The molecule has 76 valence electrons. The maximum atomic E-state index is 6.11. The van der Waals surface area contributed by atoms with Gasteiger partial charge in [-0.1, -0.05) is 62.7 Å². The summed E-state index contributed by atoms with van der Waals surface area (Å²) in [5.74, 6) is 0. The molecule has 1 saturated heterocycles. The van der Waals surface area contributed by atoms with E-state index in [1.165, 1.54) is 5.56 Å². The highest BCUT2D eigenvalue weighted by atomic mass is 35.5. The van der Waals surface area contributed by atoms with Crippen molar-refractivity contribution in [3.05, 3.63) is 35.9 Å². The third-order valence-corrected chi connectivity index (χ3v) is 3.26. The molecule has 14 heavy (non-hydrogen) atoms. The van der Waals surface area contributed by atoms with Gasteiger partial charge in [0.15, 0.2) is 5.56 Å². The molecule has 1 aromatic carbocycles. The second kappa shape index (κ2) is 2.98. The van der Waals surface area contributed by atoms with E-state index in [0.29, 0.717) is 0 Å². The van der Waals surface area contributed by atoms with Crippen molar-refractivity contribution in [1.82, 2.24) is 0 Å². The fourth-order valence-electron chi connectivity index (χ4n) is 1.96. The molecule has 0 amide bonds. The minimum Gasteiger partial charge on any atom is -0.343 e. The van der Waals surface area contributed by atoms with Crippen LogP contribution in [0.1, 0.15) is 26.3 Å². The summed E-state index contributed by atoms with van der Waals surface area (Å²) in [4.78, 5) is 0. The molecule has 1 nitrogen and oxygen atoms in total. The fourth-order valence-corrected chi connectivity index (χ4v) is 2.56. The van der Waals surface area contributed by atoms with E-state index in [2.05, 4.69) is 32.9 Å². The van der Waals surface area contributed by atoms with Gasteiger partial charge in [0.2, 0.25) is 0 Å². The van der Waals surface area contributed by atoms with Crippen molar-refractivity contribution in [3.8, 4) is 0 Å². The number of benzene rings is 1. The maximum absolute atomic E-state index is 6.11. The Balaban J connectivity index is 2.42. The fraction of sp³-hybridized carbons (Fsp3) is 0.500. The van der Waals surface area contributed by atoms with Gasteiger partial charge < -0.3 is 4.74 Å². The first-order chi connectivity index (χ1) is 6.48. The lowest BCUT2D eigenvalue weighted by molar-refractivity contribution is 0.155. The Hall–Kier alpha value is -0.530. The average molecular weight is 211 g/mol. The van der Waals surface area contributed by atoms with Crippen LogP contribution in [0.4, 0.5) is 0 Å². The molecule has 2 rings (SSSR count). The zero-order valence-electron chi connectivity index (χ0n) is 8.75. The van der Waals surface area contributed by atoms with Gasteiger partial charge in [-0.15, -0.1) is 0 Å². The van der Waals surface area contributed by atoms with E-state index >= 15 is 0 Å². The van der Waals surface area contributed by atoms with E-state index < -0.39 is 0 Å². The predicted molar refractivity (Wildman–Crippen MR) is 58.3 cm³/mol. The molecule has 2 heteroatoms. The summed E-state index contributed by atoms with van der Waals surface area (Å²) < 4.78 is 5.62. The van der Waals surface area contributed by atoms with Crippen LogP contribution >= 0.6 is 11.6 Å². The minimum atomic E-state index is -0.296. The predicted octanol–water partition coefficient (Wildman–Crippen LogP) is 3.52. The standard InChI is InChI=1S/C12H15ClO/c1-11(2,3)12(10(13)14-12)9-7-5-4-6-8-9/h4-8,10H,1-3H3. The molecule has 0 N–H and O–H groups in total. The lowest BCUT2D eigenvalue weighted by Crippen LogP contribution is -2.29. The van der Waals surface area contributed by atoms with Crippen LogP contribution in [0.2, 0.25) is 0 Å². The second-order valence-electron chi connectivity index (χ2n) is 4.79. The average Bonchev–Trinajstić information content (AvgIpc) is 2.79. The zero-order valence-corrected chi connectivity index (χ0v) is 9.51. The van der Waals surface area contributed by atoms with Crippen molar-refractivity contribution in [2.24, 2.45) is 5.41 Å². The van der Waals surface area contributed by atoms with Crippen LogP contribution in [0.15, 0.2) is 30.3 Å². The van der Waals surface area contributed by atoms with Crippen molar-refractivity contribution < 1.29 is 4.74 Å². The quantitative estimate of drug-likeness (QED) is 0.511. The van der Waals surface area contributed by atoms with Crippen molar-refractivity contribution >= 4 is 11.6 Å². The first-order valence-corrected chi connectivity index (χ1v) is 5.29. The summed E-state index contributed by atoms with van der Waals surface area (Å²) in [5.41, 5.74) is 0.716. The van der Waals surface area contributed by atoms with Crippen molar-refractivity contribution in [2.75, 3.05) is 0 Å². The molecule has 0 radical (unpaired) electrons. The molecule has 0 bridgehead atoms. The lowest BCUT2D eigenvalue weighted by Gasteiger charge is -2.27. The van der Waals surface area contributed by atoms with E-state index in [1.54, 1.807) is 0 Å². The highest BCUT2D eigenvalue weighted by molar-refractivity contribution is 6.22. The number of alkyl halides is 1. The monoisotopic (exact) mass is 210 g/mol. The minimum absolute atomic E-state index is 0.0285. The van der Waals surface area contributed by atoms with Crippen molar-refractivity contribution in [3.63, 3.8) is 0 Å². The van der Waals surface area contributed by atoms with E-state index in [0.717, 1.165) is 0 Å². The summed E-state index contributed by atoms with van der Waals surface area (Å²) in [5, 5.41) is 0. The van der Waals surface area contributed by atoms with Gasteiger partial charge in [-0.05, 0) is 11.0 Å². The van der Waals surface area contributed by atoms with E-state index in [-0.39, 0.29) is 16.6 Å². The normalized spacial score (nSPS) is 31.6. The van der Waals surface area contributed by atoms with E-state index in [1.807, 2.05) is 18.2 Å². The molecular weight excluding hydrogens is 196 g/mol. The van der Waals surface area contributed by atoms with Crippen LogP contribution in [0.3, 0.4) is 0 Å². The SMILES string of the molecule is CC(C)(C)C1(c2ccccc2)OC1Cl. The zero-order chi connectivity index (χ0) is 10.4. The van der Waals surface area contributed by atoms with E-state index in [4.69, 9.17) is 16.3 Å². The first kappa shape index (κ1) is 10.0. The molecule has 2 unspecified atom stereocenters. The third-order valence-electron chi connectivity index (χ3n) is 2.87. The second-order valence-corrected chi connectivity index (χ2v) is 5.18. The molecule has 1 fully saturated rings. The Morgan fingerprint density at radius 2 is 1.71 bits per heavy atom. The Bertz CT molecular complexity index is 328.